The standard InChI is InChI=1S/C26H28N2O8/c1-4-5-18(29)36-17-12-15(14-8-6-13(2)7-9-14)10-11-16(17)28-24(31)20-19(23(30)27-3)21(25(32)33)22(20)26(34)35/h6-12,19-22H,4-5H2,1-3H3,(H,27,30)(H,28,31)(H,32,33)(H,34,35). The average Bonchev–Trinajstić information content (AvgIpc) is 2.79. The van der Waals surface area contributed by atoms with E-state index >= 15 is 0 Å². The molecular weight excluding hydrogens is 468 g/mol. The number of nitrogens with one attached hydrogen (secondary N) is 2. The molecule has 0 bridgehead atoms. The van der Waals surface area contributed by atoms with Crippen molar-refractivity contribution in [2.24, 2.45) is 23.7 Å². The zero-order valence-corrected chi connectivity index (χ0v) is 20.1. The first-order chi connectivity index (χ1) is 17.1. The first-order valence-electron chi connectivity index (χ1n) is 11.5. The number of carbonyl (C=O) groups excluding carboxylic acids is 3. The van der Waals surface area contributed by atoms with Gasteiger partial charge in [-0.2, -0.15) is 0 Å². The fourth-order valence-electron chi connectivity index (χ4n) is 4.41. The predicted octanol–water partition coefficient (Wildman–Crippen LogP) is 2.70. The van der Waals surface area contributed by atoms with Crippen LogP contribution in [0.1, 0.15) is 25.3 Å². The first-order valence-corrected chi connectivity index (χ1v) is 11.5. The summed E-state index contributed by atoms with van der Waals surface area (Å²) in [5, 5.41) is 23.9. The van der Waals surface area contributed by atoms with Crippen LogP contribution in [0.15, 0.2) is 42.5 Å². The molecule has 0 spiro atoms. The van der Waals surface area contributed by atoms with E-state index in [2.05, 4.69) is 10.6 Å². The molecule has 10 nitrogen and oxygen atoms in total. The van der Waals surface area contributed by atoms with Crippen molar-refractivity contribution in [3.63, 3.8) is 0 Å². The fourth-order valence-corrected chi connectivity index (χ4v) is 4.41. The van der Waals surface area contributed by atoms with Crippen LogP contribution in [0.2, 0.25) is 0 Å². The number of hydrogen-bond donors (Lipinski definition) is 4. The minimum atomic E-state index is -1.59. The van der Waals surface area contributed by atoms with Gasteiger partial charge in [0.2, 0.25) is 11.8 Å². The van der Waals surface area contributed by atoms with Crippen LogP contribution in [0, 0.1) is 30.6 Å². The van der Waals surface area contributed by atoms with Crippen LogP contribution in [0.25, 0.3) is 11.1 Å². The van der Waals surface area contributed by atoms with Gasteiger partial charge >= 0.3 is 17.9 Å². The number of esters is 1. The van der Waals surface area contributed by atoms with E-state index in [0.29, 0.717) is 12.0 Å². The highest BCUT2D eigenvalue weighted by molar-refractivity contribution is 6.04. The molecule has 1 aliphatic rings. The van der Waals surface area contributed by atoms with Gasteiger partial charge in [-0.1, -0.05) is 42.8 Å². The molecule has 2 aromatic rings. The third-order valence-electron chi connectivity index (χ3n) is 6.27. The Morgan fingerprint density at radius 1 is 0.833 bits per heavy atom. The molecule has 0 heterocycles. The Balaban J connectivity index is 1.96. The van der Waals surface area contributed by atoms with Gasteiger partial charge in [-0.15, -0.1) is 0 Å². The van der Waals surface area contributed by atoms with Crippen molar-refractivity contribution >= 4 is 35.4 Å². The summed E-state index contributed by atoms with van der Waals surface area (Å²) in [6.45, 7) is 3.76. The number of rotatable bonds is 9. The summed E-state index contributed by atoms with van der Waals surface area (Å²) in [6.07, 6.45) is 0.690. The van der Waals surface area contributed by atoms with Gasteiger partial charge in [-0.05, 0) is 36.6 Å². The van der Waals surface area contributed by atoms with E-state index in [-0.39, 0.29) is 17.9 Å². The number of amides is 2. The van der Waals surface area contributed by atoms with Crippen LogP contribution >= 0.6 is 0 Å². The van der Waals surface area contributed by atoms with E-state index in [1.807, 2.05) is 38.1 Å². The number of hydrogen-bond acceptors (Lipinski definition) is 6. The molecule has 2 amide bonds. The average molecular weight is 497 g/mol. The molecule has 0 aromatic heterocycles. The quantitative estimate of drug-likeness (QED) is 0.305. The second kappa shape index (κ2) is 11.0. The van der Waals surface area contributed by atoms with Gasteiger partial charge in [0, 0.05) is 13.5 Å². The second-order valence-corrected chi connectivity index (χ2v) is 8.68. The maximum atomic E-state index is 13.2. The Morgan fingerprint density at radius 2 is 1.39 bits per heavy atom. The van der Waals surface area contributed by atoms with Crippen LogP contribution in [0.5, 0.6) is 5.75 Å². The Kier molecular flexibility index (Phi) is 8.08. The van der Waals surface area contributed by atoms with Gasteiger partial charge in [0.1, 0.15) is 0 Å². The highest BCUT2D eigenvalue weighted by atomic mass is 16.5. The summed E-state index contributed by atoms with van der Waals surface area (Å²) in [5.41, 5.74) is 2.73. The molecule has 1 fully saturated rings. The number of carboxylic acid groups (broad SMARTS) is 2. The lowest BCUT2D eigenvalue weighted by Gasteiger charge is -2.45. The van der Waals surface area contributed by atoms with Crippen LogP contribution < -0.4 is 15.4 Å². The predicted molar refractivity (Wildman–Crippen MR) is 129 cm³/mol. The molecule has 0 radical (unpaired) electrons. The summed E-state index contributed by atoms with van der Waals surface area (Å²) in [5.74, 6) is -11.0. The lowest BCUT2D eigenvalue weighted by molar-refractivity contribution is -0.180. The van der Waals surface area contributed by atoms with Crippen molar-refractivity contribution in [2.45, 2.75) is 26.7 Å². The Bertz CT molecular complexity index is 1190. The summed E-state index contributed by atoms with van der Waals surface area (Å²) in [4.78, 5) is 61.2. The van der Waals surface area contributed by atoms with Crippen molar-refractivity contribution in [3.05, 3.63) is 48.0 Å². The molecule has 3 rings (SSSR count). The molecule has 36 heavy (non-hydrogen) atoms. The minimum Gasteiger partial charge on any atom is -0.481 e. The monoisotopic (exact) mass is 496 g/mol. The van der Waals surface area contributed by atoms with Crippen molar-refractivity contribution in [2.75, 3.05) is 12.4 Å². The Labute approximate surface area is 207 Å². The first kappa shape index (κ1) is 26.4. The van der Waals surface area contributed by atoms with Crippen LogP contribution in [-0.4, -0.2) is 47.0 Å². The largest absolute Gasteiger partial charge is 0.481 e. The van der Waals surface area contributed by atoms with Crippen LogP contribution in [0.4, 0.5) is 5.69 Å². The SMILES string of the molecule is CCCC(=O)Oc1cc(-c2ccc(C)cc2)ccc1NC(=O)C1C(C(=O)O)C(C(=O)O)C1C(=O)NC. The molecule has 190 valence electrons. The highest BCUT2D eigenvalue weighted by Crippen LogP contribution is 2.48. The zero-order valence-electron chi connectivity index (χ0n) is 20.1. The van der Waals surface area contributed by atoms with E-state index in [1.54, 1.807) is 12.1 Å². The molecule has 10 heteroatoms. The molecule has 0 saturated heterocycles. The maximum Gasteiger partial charge on any atom is 0.311 e. The number of ether oxygens (including phenoxy) is 1. The third-order valence-corrected chi connectivity index (χ3v) is 6.27. The lowest BCUT2D eigenvalue weighted by Crippen LogP contribution is -2.62. The minimum absolute atomic E-state index is 0.0531. The number of benzene rings is 2. The normalized spacial score (nSPS) is 20.5. The van der Waals surface area contributed by atoms with Crippen molar-refractivity contribution in [1.29, 1.82) is 0 Å². The summed E-state index contributed by atoms with van der Waals surface area (Å²) in [7, 11) is 1.28. The van der Waals surface area contributed by atoms with Gasteiger partial charge in [0.25, 0.3) is 0 Å². The van der Waals surface area contributed by atoms with Gasteiger partial charge in [0.05, 0.1) is 29.4 Å². The van der Waals surface area contributed by atoms with Crippen LogP contribution in [0.3, 0.4) is 0 Å². The summed E-state index contributed by atoms with van der Waals surface area (Å²) >= 11 is 0. The van der Waals surface area contributed by atoms with E-state index in [0.717, 1.165) is 11.1 Å². The summed E-state index contributed by atoms with van der Waals surface area (Å²) < 4.78 is 5.49. The zero-order chi connectivity index (χ0) is 26.6. The number of carboxylic acids is 2. The Hall–Kier alpha value is -4.21. The lowest BCUT2D eigenvalue weighted by atomic mass is 9.55. The van der Waals surface area contributed by atoms with E-state index < -0.39 is 53.4 Å². The van der Waals surface area contributed by atoms with Crippen molar-refractivity contribution in [3.8, 4) is 16.9 Å². The van der Waals surface area contributed by atoms with Gasteiger partial charge in [0.15, 0.2) is 5.75 Å². The van der Waals surface area contributed by atoms with Gasteiger partial charge in [-0.3, -0.25) is 24.0 Å². The molecule has 1 saturated carbocycles. The number of aliphatic carboxylic acids is 2. The fraction of sp³-hybridized carbons (Fsp3) is 0.346. The smallest absolute Gasteiger partial charge is 0.311 e. The van der Waals surface area contributed by atoms with Gasteiger partial charge in [-0.25, -0.2) is 0 Å². The molecule has 4 N–H and O–H groups in total. The topological polar surface area (TPSA) is 159 Å². The maximum absolute atomic E-state index is 13.2. The number of aryl methyl sites for hydroxylation is 1. The summed E-state index contributed by atoms with van der Waals surface area (Å²) in [6, 6.07) is 12.4. The van der Waals surface area contributed by atoms with E-state index in [4.69, 9.17) is 4.74 Å². The van der Waals surface area contributed by atoms with Gasteiger partial charge < -0.3 is 25.6 Å². The van der Waals surface area contributed by atoms with E-state index in [9.17, 15) is 34.2 Å². The van der Waals surface area contributed by atoms with Crippen LogP contribution in [-0.2, 0) is 24.0 Å². The van der Waals surface area contributed by atoms with Crippen molar-refractivity contribution < 1.29 is 38.9 Å². The molecular formula is C26H28N2O8. The van der Waals surface area contributed by atoms with Crippen molar-refractivity contribution in [1.82, 2.24) is 5.32 Å². The Morgan fingerprint density at radius 3 is 1.92 bits per heavy atom. The number of carbonyl (C=O) groups is 5. The molecule has 2 aromatic carbocycles. The molecule has 4 unspecified atom stereocenters. The second-order valence-electron chi connectivity index (χ2n) is 8.68. The number of anilines is 1. The third kappa shape index (κ3) is 5.37. The highest BCUT2D eigenvalue weighted by Gasteiger charge is 2.63. The van der Waals surface area contributed by atoms with E-state index in [1.165, 1.54) is 13.1 Å². The molecule has 4 atom stereocenters. The molecule has 0 aliphatic heterocycles. The molecule has 1 aliphatic carbocycles.